The molecule has 0 radical (unpaired) electrons. The van der Waals surface area contributed by atoms with Crippen LogP contribution in [-0.4, -0.2) is 25.6 Å². The zero-order valence-corrected chi connectivity index (χ0v) is 14.6. The zero-order valence-electron chi connectivity index (χ0n) is 13.8. The predicted molar refractivity (Wildman–Crippen MR) is 101 cm³/mol. The largest absolute Gasteiger partial charge is 0.488 e. The third-order valence-electron chi connectivity index (χ3n) is 4.55. The maximum Gasteiger partial charge on any atom is 0.255 e. The van der Waals surface area contributed by atoms with E-state index in [9.17, 15) is 4.79 Å². The normalized spacial score (nSPS) is 16.0. The van der Waals surface area contributed by atoms with Crippen LogP contribution in [0.15, 0.2) is 48.0 Å². The van der Waals surface area contributed by atoms with Gasteiger partial charge in [0.15, 0.2) is 0 Å². The van der Waals surface area contributed by atoms with Gasteiger partial charge in [0.25, 0.3) is 5.91 Å². The van der Waals surface area contributed by atoms with Crippen LogP contribution in [0.2, 0.25) is 5.02 Å². The molecule has 2 aromatic carbocycles. The van der Waals surface area contributed by atoms with E-state index in [1.807, 2.05) is 30.3 Å². The monoisotopic (exact) mass is 354 g/mol. The quantitative estimate of drug-likeness (QED) is 0.890. The van der Waals surface area contributed by atoms with Crippen molar-refractivity contribution in [1.29, 1.82) is 0 Å². The molecule has 1 amide bonds. The summed E-state index contributed by atoms with van der Waals surface area (Å²) >= 11 is 6.02. The molecule has 0 unspecified atom stereocenters. The first-order valence-electron chi connectivity index (χ1n) is 8.48. The maximum atomic E-state index is 12.6. The molecular formula is C20H19ClN2O2. The van der Waals surface area contributed by atoms with Crippen LogP contribution in [0.4, 0.5) is 11.4 Å². The number of nitrogens with one attached hydrogen (secondary N) is 1. The summed E-state index contributed by atoms with van der Waals surface area (Å²) in [6.45, 7) is 2.41. The van der Waals surface area contributed by atoms with Crippen molar-refractivity contribution in [1.82, 2.24) is 0 Å². The van der Waals surface area contributed by atoms with Gasteiger partial charge in [-0.1, -0.05) is 17.7 Å². The van der Waals surface area contributed by atoms with Crippen molar-refractivity contribution in [3.05, 3.63) is 58.6 Å². The van der Waals surface area contributed by atoms with Crippen LogP contribution in [0.1, 0.15) is 18.4 Å². The molecule has 0 aromatic heterocycles. The Morgan fingerprint density at radius 2 is 1.96 bits per heavy atom. The number of hydrogen-bond donors (Lipinski definition) is 1. The lowest BCUT2D eigenvalue weighted by atomic mass is 10.1. The van der Waals surface area contributed by atoms with Crippen LogP contribution in [-0.2, 0) is 4.79 Å². The number of rotatable bonds is 3. The minimum Gasteiger partial charge on any atom is -0.488 e. The second-order valence-electron chi connectivity index (χ2n) is 6.34. The number of benzene rings is 2. The highest BCUT2D eigenvalue weighted by molar-refractivity contribution is 6.30. The molecule has 2 aromatic rings. The summed E-state index contributed by atoms with van der Waals surface area (Å²) in [7, 11) is 0. The van der Waals surface area contributed by atoms with Gasteiger partial charge in [0.2, 0.25) is 0 Å². The zero-order chi connectivity index (χ0) is 17.2. The minimum absolute atomic E-state index is 0.149. The van der Waals surface area contributed by atoms with Crippen LogP contribution in [0.3, 0.4) is 0 Å². The van der Waals surface area contributed by atoms with Gasteiger partial charge in [-0.25, -0.2) is 0 Å². The fourth-order valence-corrected chi connectivity index (χ4v) is 3.43. The number of anilines is 2. The van der Waals surface area contributed by atoms with Crippen LogP contribution >= 0.6 is 11.6 Å². The molecular weight excluding hydrogens is 336 g/mol. The molecule has 0 bridgehead atoms. The van der Waals surface area contributed by atoms with E-state index in [1.54, 1.807) is 12.1 Å². The van der Waals surface area contributed by atoms with E-state index < -0.39 is 0 Å². The molecule has 2 aliphatic heterocycles. The average molecular weight is 355 g/mol. The molecule has 2 aliphatic rings. The van der Waals surface area contributed by atoms with Crippen molar-refractivity contribution in [2.24, 2.45) is 0 Å². The first-order chi connectivity index (χ1) is 12.2. The topological polar surface area (TPSA) is 41.6 Å². The number of ether oxygens (including phenoxy) is 1. The van der Waals surface area contributed by atoms with Crippen LogP contribution in [0, 0.1) is 0 Å². The van der Waals surface area contributed by atoms with Crippen molar-refractivity contribution in [2.75, 3.05) is 29.9 Å². The van der Waals surface area contributed by atoms with Gasteiger partial charge >= 0.3 is 0 Å². The SMILES string of the molecule is O=C(Nc1cccc(N2CCCC2)c1)C1=Cc2cc(Cl)ccc2OC1. The number of carbonyl (C=O) groups is 1. The fraction of sp³-hybridized carbons (Fsp3) is 0.250. The standard InChI is InChI=1S/C20H19ClN2O2/c21-16-6-7-19-14(11-16)10-15(13-25-19)20(24)22-17-4-3-5-18(12-17)23-8-1-2-9-23/h3-7,10-12H,1-2,8-9,13H2,(H,22,24). The van der Waals surface area contributed by atoms with E-state index in [1.165, 1.54) is 12.8 Å². The van der Waals surface area contributed by atoms with Crippen molar-refractivity contribution in [2.45, 2.75) is 12.8 Å². The summed E-state index contributed by atoms with van der Waals surface area (Å²) < 4.78 is 5.66. The van der Waals surface area contributed by atoms with Crippen molar-refractivity contribution in [3.63, 3.8) is 0 Å². The minimum atomic E-state index is -0.149. The number of halogens is 1. The Morgan fingerprint density at radius 1 is 1.12 bits per heavy atom. The first kappa shape index (κ1) is 16.0. The van der Waals surface area contributed by atoms with E-state index in [0.29, 0.717) is 10.6 Å². The van der Waals surface area contributed by atoms with E-state index >= 15 is 0 Å². The highest BCUT2D eigenvalue weighted by Gasteiger charge is 2.18. The Kier molecular flexibility index (Phi) is 4.36. The molecule has 5 heteroatoms. The van der Waals surface area contributed by atoms with E-state index in [4.69, 9.17) is 16.3 Å². The smallest absolute Gasteiger partial charge is 0.255 e. The Hall–Kier alpha value is -2.46. The van der Waals surface area contributed by atoms with Crippen molar-refractivity contribution in [3.8, 4) is 5.75 Å². The lowest BCUT2D eigenvalue weighted by molar-refractivity contribution is -0.113. The molecule has 0 atom stereocenters. The van der Waals surface area contributed by atoms with Gasteiger partial charge in [0.1, 0.15) is 12.4 Å². The number of nitrogens with zero attached hydrogens (tertiary/aromatic N) is 1. The second kappa shape index (κ2) is 6.81. The lowest BCUT2D eigenvalue weighted by Gasteiger charge is -2.20. The molecule has 128 valence electrons. The molecule has 0 spiro atoms. The third-order valence-corrected chi connectivity index (χ3v) is 4.79. The van der Waals surface area contributed by atoms with Crippen molar-refractivity contribution >= 4 is 35.0 Å². The first-order valence-corrected chi connectivity index (χ1v) is 8.86. The van der Waals surface area contributed by atoms with Gasteiger partial charge in [0, 0.05) is 35.1 Å². The Labute approximate surface area is 152 Å². The molecule has 0 aliphatic carbocycles. The molecule has 4 nitrogen and oxygen atoms in total. The summed E-state index contributed by atoms with van der Waals surface area (Å²) in [4.78, 5) is 14.9. The lowest BCUT2D eigenvalue weighted by Crippen LogP contribution is -2.22. The third kappa shape index (κ3) is 3.49. The Morgan fingerprint density at radius 3 is 2.80 bits per heavy atom. The maximum absolute atomic E-state index is 12.6. The molecule has 0 saturated carbocycles. The average Bonchev–Trinajstić information content (AvgIpc) is 3.16. The summed E-state index contributed by atoms with van der Waals surface area (Å²) in [6, 6.07) is 13.4. The van der Waals surface area contributed by atoms with Crippen LogP contribution < -0.4 is 15.0 Å². The molecule has 4 rings (SSSR count). The highest BCUT2D eigenvalue weighted by Crippen LogP contribution is 2.29. The van der Waals surface area contributed by atoms with E-state index in [2.05, 4.69) is 16.3 Å². The van der Waals surface area contributed by atoms with Gasteiger partial charge in [-0.3, -0.25) is 4.79 Å². The molecule has 25 heavy (non-hydrogen) atoms. The molecule has 2 heterocycles. The van der Waals surface area contributed by atoms with Gasteiger partial charge in [0.05, 0.1) is 5.57 Å². The number of fused-ring (bicyclic) bond motifs is 1. The molecule has 1 N–H and O–H groups in total. The molecule has 1 saturated heterocycles. The number of hydrogen-bond acceptors (Lipinski definition) is 3. The van der Waals surface area contributed by atoms with Crippen LogP contribution in [0.25, 0.3) is 6.08 Å². The number of amides is 1. The molecule has 1 fully saturated rings. The number of carbonyl (C=O) groups excluding carboxylic acids is 1. The van der Waals surface area contributed by atoms with E-state index in [-0.39, 0.29) is 12.5 Å². The predicted octanol–water partition coefficient (Wildman–Crippen LogP) is 4.35. The summed E-state index contributed by atoms with van der Waals surface area (Å²) in [5.41, 5.74) is 3.37. The Balaban J connectivity index is 1.51. The van der Waals surface area contributed by atoms with Gasteiger partial charge in [-0.05, 0) is 55.3 Å². The van der Waals surface area contributed by atoms with Crippen LogP contribution in [0.5, 0.6) is 5.75 Å². The summed E-state index contributed by atoms with van der Waals surface area (Å²) in [5.74, 6) is 0.598. The second-order valence-corrected chi connectivity index (χ2v) is 6.78. The summed E-state index contributed by atoms with van der Waals surface area (Å²) in [6.07, 6.45) is 4.29. The van der Waals surface area contributed by atoms with Crippen molar-refractivity contribution < 1.29 is 9.53 Å². The fourth-order valence-electron chi connectivity index (χ4n) is 3.25. The Bertz CT molecular complexity index is 841. The van der Waals surface area contributed by atoms with Gasteiger partial charge in [-0.15, -0.1) is 0 Å². The van der Waals surface area contributed by atoms with E-state index in [0.717, 1.165) is 35.8 Å². The highest BCUT2D eigenvalue weighted by atomic mass is 35.5. The summed E-state index contributed by atoms with van der Waals surface area (Å²) in [5, 5.41) is 3.60. The van der Waals surface area contributed by atoms with Gasteiger partial charge < -0.3 is 15.0 Å². The van der Waals surface area contributed by atoms with Gasteiger partial charge in [-0.2, -0.15) is 0 Å².